The van der Waals surface area contributed by atoms with E-state index in [1.807, 2.05) is 19.1 Å². The Morgan fingerprint density at radius 1 is 1.16 bits per heavy atom. The highest BCUT2D eigenvalue weighted by molar-refractivity contribution is 5.70. The van der Waals surface area contributed by atoms with Crippen LogP contribution >= 0.6 is 0 Å². The van der Waals surface area contributed by atoms with Crippen molar-refractivity contribution >= 4 is 5.57 Å². The minimum Gasteiger partial charge on any atom is -0.0955 e. The van der Waals surface area contributed by atoms with Crippen molar-refractivity contribution in [2.75, 3.05) is 0 Å². The Balaban J connectivity index is 2.38. The van der Waals surface area contributed by atoms with Crippen molar-refractivity contribution in [2.45, 2.75) is 20.8 Å². The van der Waals surface area contributed by atoms with Gasteiger partial charge in [0.2, 0.25) is 0 Å². The lowest BCUT2D eigenvalue weighted by molar-refractivity contribution is 1.38. The first kappa shape index (κ1) is 13.2. The summed E-state index contributed by atoms with van der Waals surface area (Å²) in [4.78, 5) is 0. The van der Waals surface area contributed by atoms with Crippen molar-refractivity contribution < 1.29 is 0 Å². The molecular formula is C19H18. The molecule has 0 spiro atoms. The van der Waals surface area contributed by atoms with Gasteiger partial charge in [-0.25, -0.2) is 0 Å². The molecule has 2 rings (SSSR count). The van der Waals surface area contributed by atoms with Crippen molar-refractivity contribution in [3.63, 3.8) is 0 Å². The fourth-order valence-corrected chi connectivity index (χ4v) is 2.00. The van der Waals surface area contributed by atoms with E-state index in [1.165, 1.54) is 16.7 Å². The van der Waals surface area contributed by atoms with Crippen LogP contribution in [0.2, 0.25) is 0 Å². The molecule has 0 amide bonds. The molecule has 0 N–H and O–H groups in total. The summed E-state index contributed by atoms with van der Waals surface area (Å²) in [7, 11) is 0. The van der Waals surface area contributed by atoms with Crippen LogP contribution in [0.4, 0.5) is 0 Å². The maximum atomic E-state index is 4.01. The van der Waals surface area contributed by atoms with Gasteiger partial charge < -0.3 is 0 Å². The largest absolute Gasteiger partial charge is 0.0955 e. The van der Waals surface area contributed by atoms with Crippen molar-refractivity contribution in [1.29, 1.82) is 0 Å². The number of hydrogen-bond acceptors (Lipinski definition) is 0. The molecule has 0 radical (unpaired) electrons. The van der Waals surface area contributed by atoms with E-state index >= 15 is 0 Å². The molecule has 0 atom stereocenters. The Bertz CT molecular complexity index is 663. The van der Waals surface area contributed by atoms with Gasteiger partial charge in [0, 0.05) is 5.57 Å². The predicted octanol–water partition coefficient (Wildman–Crippen LogP) is 5.15. The van der Waals surface area contributed by atoms with Crippen LogP contribution in [0.15, 0.2) is 77.3 Å². The van der Waals surface area contributed by atoms with Crippen LogP contribution in [0.5, 0.6) is 0 Å². The average Bonchev–Trinajstić information content (AvgIpc) is 2.39. The highest BCUT2D eigenvalue weighted by Gasteiger charge is 2.05. The standard InChI is InChI=1S/C19H18/c1-14(2)19-8-6-5-7-18(19)13-16(4)17-11-9-15(3)10-12-17/h6,8-13H,1H2,2-4H3/b16-13+. The van der Waals surface area contributed by atoms with Crippen LogP contribution in [-0.4, -0.2) is 0 Å². The Hall–Kier alpha value is -2.26. The Morgan fingerprint density at radius 2 is 1.84 bits per heavy atom. The Kier molecular flexibility index (Phi) is 3.88. The molecule has 0 bridgehead atoms. The number of benzene rings is 1. The van der Waals surface area contributed by atoms with Gasteiger partial charge in [0.25, 0.3) is 0 Å². The molecule has 1 aliphatic rings. The molecule has 19 heavy (non-hydrogen) atoms. The van der Waals surface area contributed by atoms with Gasteiger partial charge in [0.15, 0.2) is 0 Å². The lowest BCUT2D eigenvalue weighted by Gasteiger charge is -2.09. The second kappa shape index (κ2) is 5.59. The fourth-order valence-electron chi connectivity index (χ4n) is 2.00. The summed E-state index contributed by atoms with van der Waals surface area (Å²) in [6.07, 6.45) is 6.06. The Labute approximate surface area is 115 Å². The predicted molar refractivity (Wildman–Crippen MR) is 82.8 cm³/mol. The van der Waals surface area contributed by atoms with E-state index < -0.39 is 0 Å². The van der Waals surface area contributed by atoms with E-state index in [4.69, 9.17) is 0 Å². The van der Waals surface area contributed by atoms with Gasteiger partial charge in [-0.05, 0) is 61.3 Å². The van der Waals surface area contributed by atoms with Gasteiger partial charge in [0.1, 0.15) is 0 Å². The molecule has 1 aromatic rings. The van der Waals surface area contributed by atoms with Crippen molar-refractivity contribution in [1.82, 2.24) is 0 Å². The van der Waals surface area contributed by atoms with E-state index in [0.717, 1.165) is 16.7 Å². The average molecular weight is 246 g/mol. The molecule has 0 aliphatic heterocycles. The smallest absolute Gasteiger partial charge is 0.0326 e. The first-order valence-electron chi connectivity index (χ1n) is 6.41. The first-order chi connectivity index (χ1) is 9.08. The number of hydrogen-bond donors (Lipinski definition) is 0. The zero-order chi connectivity index (χ0) is 13.8. The highest BCUT2D eigenvalue weighted by atomic mass is 14.1. The van der Waals surface area contributed by atoms with Crippen LogP contribution < -0.4 is 0 Å². The third-order valence-corrected chi connectivity index (χ3v) is 3.16. The van der Waals surface area contributed by atoms with Crippen LogP contribution in [-0.2, 0) is 0 Å². The van der Waals surface area contributed by atoms with Gasteiger partial charge in [0.05, 0.1) is 0 Å². The highest BCUT2D eigenvalue weighted by Crippen LogP contribution is 2.24. The molecule has 0 saturated heterocycles. The molecule has 0 aromatic heterocycles. The van der Waals surface area contributed by atoms with E-state index in [2.05, 4.69) is 62.2 Å². The summed E-state index contributed by atoms with van der Waals surface area (Å²) in [5.74, 6) is 0. The zero-order valence-electron chi connectivity index (χ0n) is 11.7. The second-order valence-corrected chi connectivity index (χ2v) is 4.90. The molecule has 0 unspecified atom stereocenters. The van der Waals surface area contributed by atoms with Gasteiger partial charge >= 0.3 is 0 Å². The van der Waals surface area contributed by atoms with Gasteiger partial charge in [-0.3, -0.25) is 0 Å². The zero-order valence-corrected chi connectivity index (χ0v) is 11.7. The summed E-state index contributed by atoms with van der Waals surface area (Å²) in [6.45, 7) is 10.2. The number of rotatable bonds is 3. The number of aryl methyl sites for hydroxylation is 1. The maximum absolute atomic E-state index is 4.01. The molecule has 1 aromatic carbocycles. The van der Waals surface area contributed by atoms with Gasteiger partial charge in [-0.1, -0.05) is 47.9 Å². The van der Waals surface area contributed by atoms with Gasteiger partial charge in [-0.2, -0.15) is 0 Å². The SMILES string of the molecule is C=C(C)C1=CC=C=C=C1/C=C(\C)c1ccc(C)cc1. The van der Waals surface area contributed by atoms with Crippen LogP contribution in [0.1, 0.15) is 25.0 Å². The quantitative estimate of drug-likeness (QED) is 0.647. The third kappa shape index (κ3) is 3.14. The van der Waals surface area contributed by atoms with Crippen molar-refractivity contribution in [3.05, 3.63) is 88.4 Å². The lowest BCUT2D eigenvalue weighted by atomic mass is 9.95. The van der Waals surface area contributed by atoms with Crippen LogP contribution in [0, 0.1) is 6.92 Å². The molecule has 0 saturated carbocycles. The summed E-state index contributed by atoms with van der Waals surface area (Å²) in [5.41, 5.74) is 13.1. The molecule has 1 aliphatic carbocycles. The van der Waals surface area contributed by atoms with Gasteiger partial charge in [-0.15, -0.1) is 0 Å². The Morgan fingerprint density at radius 3 is 2.47 bits per heavy atom. The number of allylic oxidation sites excluding steroid dienone is 7. The topological polar surface area (TPSA) is 0 Å². The molecule has 0 heterocycles. The third-order valence-electron chi connectivity index (χ3n) is 3.16. The van der Waals surface area contributed by atoms with Crippen LogP contribution in [0.3, 0.4) is 0 Å². The summed E-state index contributed by atoms with van der Waals surface area (Å²) < 4.78 is 0. The fraction of sp³-hybridized carbons (Fsp3) is 0.158. The van der Waals surface area contributed by atoms with Crippen LogP contribution in [0.25, 0.3) is 5.57 Å². The monoisotopic (exact) mass is 246 g/mol. The first-order valence-corrected chi connectivity index (χ1v) is 6.41. The minimum absolute atomic E-state index is 1.05. The molecule has 0 fully saturated rings. The van der Waals surface area contributed by atoms with Crippen molar-refractivity contribution in [3.8, 4) is 0 Å². The summed E-state index contributed by atoms with van der Waals surface area (Å²) in [6, 6.07) is 8.56. The summed E-state index contributed by atoms with van der Waals surface area (Å²) >= 11 is 0. The van der Waals surface area contributed by atoms with Crippen molar-refractivity contribution in [2.24, 2.45) is 0 Å². The molecule has 0 nitrogen and oxygen atoms in total. The molecule has 0 heteroatoms. The minimum atomic E-state index is 1.05. The normalized spacial score (nSPS) is 14.2. The summed E-state index contributed by atoms with van der Waals surface area (Å²) in [5, 5.41) is 0. The van der Waals surface area contributed by atoms with E-state index in [-0.39, 0.29) is 0 Å². The van der Waals surface area contributed by atoms with E-state index in [1.54, 1.807) is 0 Å². The second-order valence-electron chi connectivity index (χ2n) is 4.90. The van der Waals surface area contributed by atoms with E-state index in [0.29, 0.717) is 0 Å². The molecule has 94 valence electrons. The lowest BCUT2D eigenvalue weighted by Crippen LogP contribution is -1.90. The maximum Gasteiger partial charge on any atom is 0.0326 e. The molecular weight excluding hydrogens is 228 g/mol. The van der Waals surface area contributed by atoms with E-state index in [9.17, 15) is 0 Å².